The second-order valence-electron chi connectivity index (χ2n) is 3.21. The van der Waals surface area contributed by atoms with Crippen LogP contribution in [0.25, 0.3) is 0 Å². The molecule has 0 aliphatic carbocycles. The fraction of sp³-hybridized carbons (Fsp3) is 1.00. The minimum Gasteiger partial charge on any atom is -0.387 e. The number of unbranched alkanes of at least 4 members (excludes halogenated alkanes) is 1. The van der Waals surface area contributed by atoms with E-state index in [2.05, 4.69) is 0 Å². The van der Waals surface area contributed by atoms with Crippen molar-refractivity contribution in [2.45, 2.75) is 51.6 Å². The monoisotopic (exact) mass is 162 g/mol. The van der Waals surface area contributed by atoms with Crippen molar-refractivity contribution in [3.63, 3.8) is 0 Å². The van der Waals surface area contributed by atoms with Gasteiger partial charge in [0.15, 0.2) is 0 Å². The molecule has 1 nitrogen and oxygen atoms in total. The summed E-state index contributed by atoms with van der Waals surface area (Å²) in [5.74, 6) is 0. The summed E-state index contributed by atoms with van der Waals surface area (Å²) in [6.45, 7) is 3.41. The van der Waals surface area contributed by atoms with E-state index in [0.717, 1.165) is 19.3 Å². The van der Waals surface area contributed by atoms with Gasteiger partial charge in [-0.2, -0.15) is 0 Å². The van der Waals surface area contributed by atoms with Crippen molar-refractivity contribution in [3.05, 3.63) is 0 Å². The van der Waals surface area contributed by atoms with Gasteiger partial charge in [0.1, 0.15) is 6.67 Å². The highest BCUT2D eigenvalue weighted by Crippen LogP contribution is 2.20. The average Bonchev–Trinajstić information content (AvgIpc) is 2.02. The van der Waals surface area contributed by atoms with Crippen molar-refractivity contribution >= 4 is 0 Å². The zero-order chi connectivity index (χ0) is 8.74. The van der Waals surface area contributed by atoms with Crippen LogP contribution in [0.5, 0.6) is 0 Å². The van der Waals surface area contributed by atoms with Crippen LogP contribution in [-0.2, 0) is 0 Å². The molecule has 0 heterocycles. The Balaban J connectivity index is 3.68. The van der Waals surface area contributed by atoms with E-state index in [-0.39, 0.29) is 0 Å². The highest BCUT2D eigenvalue weighted by atomic mass is 19.1. The molecule has 0 saturated heterocycles. The molecule has 2 heteroatoms. The number of halogens is 1. The molecule has 0 rings (SSSR count). The van der Waals surface area contributed by atoms with Crippen LogP contribution in [0, 0.1) is 0 Å². The number of hydrogen-bond acceptors (Lipinski definition) is 1. The van der Waals surface area contributed by atoms with Crippen LogP contribution in [0.4, 0.5) is 4.39 Å². The molecular formula is C9H19FO. The molecule has 11 heavy (non-hydrogen) atoms. The van der Waals surface area contributed by atoms with Gasteiger partial charge >= 0.3 is 0 Å². The largest absolute Gasteiger partial charge is 0.387 e. The molecule has 0 amide bonds. The maximum atomic E-state index is 12.3. The second kappa shape index (κ2) is 5.53. The molecule has 0 radical (unpaired) electrons. The van der Waals surface area contributed by atoms with Crippen LogP contribution in [0.15, 0.2) is 0 Å². The third kappa shape index (κ3) is 4.35. The van der Waals surface area contributed by atoms with Crippen molar-refractivity contribution in [1.82, 2.24) is 0 Å². The van der Waals surface area contributed by atoms with Crippen LogP contribution < -0.4 is 0 Å². The van der Waals surface area contributed by atoms with Crippen LogP contribution in [0.3, 0.4) is 0 Å². The average molecular weight is 162 g/mol. The second-order valence-corrected chi connectivity index (χ2v) is 3.21. The maximum Gasteiger partial charge on any atom is 0.118 e. The maximum absolute atomic E-state index is 12.3. The lowest BCUT2D eigenvalue weighted by Gasteiger charge is -2.23. The Morgan fingerprint density at radius 2 is 1.82 bits per heavy atom. The molecule has 0 aliphatic heterocycles. The summed E-state index contributed by atoms with van der Waals surface area (Å²) in [6, 6.07) is 0. The molecule has 1 atom stereocenters. The van der Waals surface area contributed by atoms with Crippen LogP contribution in [0.1, 0.15) is 46.0 Å². The van der Waals surface area contributed by atoms with Crippen molar-refractivity contribution in [3.8, 4) is 0 Å². The summed E-state index contributed by atoms with van der Waals surface area (Å²) >= 11 is 0. The van der Waals surface area contributed by atoms with E-state index in [1.54, 1.807) is 0 Å². The number of hydrogen-bond donors (Lipinski definition) is 1. The Morgan fingerprint density at radius 1 is 1.18 bits per heavy atom. The molecule has 0 aromatic carbocycles. The van der Waals surface area contributed by atoms with Gasteiger partial charge in [-0.25, -0.2) is 4.39 Å². The lowest BCUT2D eigenvalue weighted by molar-refractivity contribution is -0.00282. The topological polar surface area (TPSA) is 20.2 Å². The fourth-order valence-electron chi connectivity index (χ4n) is 1.23. The van der Waals surface area contributed by atoms with Gasteiger partial charge in [-0.15, -0.1) is 0 Å². The first kappa shape index (κ1) is 10.9. The van der Waals surface area contributed by atoms with E-state index in [0.29, 0.717) is 12.8 Å². The highest BCUT2D eigenvalue weighted by molar-refractivity contribution is 4.76. The molecule has 68 valence electrons. The summed E-state index contributed by atoms with van der Waals surface area (Å²) in [5.41, 5.74) is -1.02. The molecular weight excluding hydrogens is 143 g/mol. The Labute approximate surface area is 68.6 Å². The predicted molar refractivity (Wildman–Crippen MR) is 45.4 cm³/mol. The van der Waals surface area contributed by atoms with Gasteiger partial charge in [0.05, 0.1) is 5.60 Å². The first-order chi connectivity index (χ1) is 5.18. The van der Waals surface area contributed by atoms with Gasteiger partial charge in [0.2, 0.25) is 0 Å². The van der Waals surface area contributed by atoms with Crippen molar-refractivity contribution in [2.75, 3.05) is 6.67 Å². The van der Waals surface area contributed by atoms with Gasteiger partial charge in [0.25, 0.3) is 0 Å². The Bertz CT molecular complexity index is 95.6. The van der Waals surface area contributed by atoms with Crippen LogP contribution >= 0.6 is 0 Å². The van der Waals surface area contributed by atoms with Crippen molar-refractivity contribution < 1.29 is 9.50 Å². The minimum absolute atomic E-state index is 0.587. The molecule has 0 saturated carbocycles. The zero-order valence-corrected chi connectivity index (χ0v) is 7.57. The van der Waals surface area contributed by atoms with Gasteiger partial charge < -0.3 is 5.11 Å². The normalized spacial score (nSPS) is 16.4. The third-order valence-corrected chi connectivity index (χ3v) is 1.96. The molecule has 1 N–H and O–H groups in total. The lowest BCUT2D eigenvalue weighted by Crippen LogP contribution is -2.30. The summed E-state index contributed by atoms with van der Waals surface area (Å²) < 4.78 is 12.3. The molecule has 0 aromatic heterocycles. The standard InChI is InChI=1S/C9H19FO/c1-3-5-7-9(11,8-10)6-4-2/h11H,3-8H2,1-2H3. The minimum atomic E-state index is -1.02. The van der Waals surface area contributed by atoms with Crippen molar-refractivity contribution in [1.29, 1.82) is 0 Å². The Morgan fingerprint density at radius 3 is 2.18 bits per heavy atom. The van der Waals surface area contributed by atoms with E-state index in [1.165, 1.54) is 0 Å². The zero-order valence-electron chi connectivity index (χ0n) is 7.57. The van der Waals surface area contributed by atoms with E-state index in [4.69, 9.17) is 0 Å². The molecule has 0 spiro atoms. The van der Waals surface area contributed by atoms with E-state index >= 15 is 0 Å². The lowest BCUT2D eigenvalue weighted by atomic mass is 9.93. The summed E-state index contributed by atoms with van der Waals surface area (Å²) in [4.78, 5) is 0. The summed E-state index contributed by atoms with van der Waals surface area (Å²) in [6.07, 6.45) is 3.98. The van der Waals surface area contributed by atoms with Crippen LogP contribution in [-0.4, -0.2) is 17.4 Å². The number of alkyl halides is 1. The molecule has 1 unspecified atom stereocenters. The molecule has 0 aromatic rings. The first-order valence-electron chi connectivity index (χ1n) is 4.47. The van der Waals surface area contributed by atoms with E-state index in [1.807, 2.05) is 13.8 Å². The van der Waals surface area contributed by atoms with E-state index in [9.17, 15) is 9.50 Å². The van der Waals surface area contributed by atoms with Gasteiger partial charge in [-0.1, -0.05) is 33.1 Å². The molecule has 0 aliphatic rings. The van der Waals surface area contributed by atoms with E-state index < -0.39 is 12.3 Å². The highest BCUT2D eigenvalue weighted by Gasteiger charge is 2.24. The van der Waals surface area contributed by atoms with Gasteiger partial charge in [-0.3, -0.25) is 0 Å². The Kier molecular flexibility index (Phi) is 5.47. The summed E-state index contributed by atoms with van der Waals surface area (Å²) in [7, 11) is 0. The predicted octanol–water partition coefficient (Wildman–Crippen LogP) is 2.68. The first-order valence-corrected chi connectivity index (χ1v) is 4.47. The van der Waals surface area contributed by atoms with Gasteiger partial charge in [0, 0.05) is 0 Å². The molecule has 0 bridgehead atoms. The molecule has 0 fully saturated rings. The van der Waals surface area contributed by atoms with Crippen LogP contribution in [0.2, 0.25) is 0 Å². The third-order valence-electron chi connectivity index (χ3n) is 1.96. The van der Waals surface area contributed by atoms with Crippen molar-refractivity contribution in [2.24, 2.45) is 0 Å². The smallest absolute Gasteiger partial charge is 0.118 e. The summed E-state index contributed by atoms with van der Waals surface area (Å²) in [5, 5.41) is 9.58. The SMILES string of the molecule is CCCCC(O)(CF)CCC. The number of rotatable bonds is 6. The quantitative estimate of drug-likeness (QED) is 0.636. The number of aliphatic hydroxyl groups is 1. The van der Waals surface area contributed by atoms with Gasteiger partial charge in [-0.05, 0) is 12.8 Å². The Hall–Kier alpha value is -0.110. The fourth-order valence-corrected chi connectivity index (χ4v) is 1.23.